The maximum Gasteiger partial charge on any atom is 0.161 e. The molecule has 4 nitrogen and oxygen atoms in total. The summed E-state index contributed by atoms with van der Waals surface area (Å²) >= 11 is 5.51. The minimum atomic E-state index is 0.726. The van der Waals surface area contributed by atoms with Crippen molar-refractivity contribution in [2.45, 2.75) is 12.8 Å². The van der Waals surface area contributed by atoms with Gasteiger partial charge in [0.2, 0.25) is 0 Å². The highest BCUT2D eigenvalue weighted by molar-refractivity contribution is 7.80. The maximum atomic E-state index is 5.51. The second kappa shape index (κ2) is 8.72. The van der Waals surface area contributed by atoms with Crippen LogP contribution in [0.4, 0.5) is 0 Å². The van der Waals surface area contributed by atoms with Crippen LogP contribution in [0.25, 0.3) is 5.70 Å². The lowest BCUT2D eigenvalue weighted by Gasteiger charge is -2.23. The number of benzene rings is 2. The predicted octanol–water partition coefficient (Wildman–Crippen LogP) is 3.35. The maximum absolute atomic E-state index is 5.51. The molecule has 0 atom stereocenters. The second-order valence-corrected chi connectivity index (χ2v) is 6.57. The van der Waals surface area contributed by atoms with Gasteiger partial charge in [0.25, 0.3) is 0 Å². The van der Waals surface area contributed by atoms with E-state index in [2.05, 4.69) is 41.0 Å². The van der Waals surface area contributed by atoms with Gasteiger partial charge in [-0.25, -0.2) is 0 Å². The van der Waals surface area contributed by atoms with Crippen LogP contribution in [0.3, 0.4) is 0 Å². The lowest BCUT2D eigenvalue weighted by Crippen LogP contribution is -2.27. The molecular formula is C21H24N2O2S. The van der Waals surface area contributed by atoms with Crippen molar-refractivity contribution in [2.24, 2.45) is 0 Å². The van der Waals surface area contributed by atoms with E-state index in [4.69, 9.17) is 21.7 Å². The molecule has 0 amide bonds. The van der Waals surface area contributed by atoms with Crippen LogP contribution >= 0.6 is 12.2 Å². The molecular weight excluding hydrogens is 344 g/mol. The summed E-state index contributed by atoms with van der Waals surface area (Å²) in [5.74, 6) is 1.49. The van der Waals surface area contributed by atoms with E-state index in [1.54, 1.807) is 14.2 Å². The van der Waals surface area contributed by atoms with E-state index in [9.17, 15) is 0 Å². The molecule has 26 heavy (non-hydrogen) atoms. The molecule has 0 aliphatic carbocycles. The van der Waals surface area contributed by atoms with E-state index >= 15 is 0 Å². The summed E-state index contributed by atoms with van der Waals surface area (Å²) in [6, 6.07) is 14.5. The monoisotopic (exact) mass is 368 g/mol. The molecule has 0 bridgehead atoms. The van der Waals surface area contributed by atoms with E-state index in [-0.39, 0.29) is 0 Å². The first-order valence-corrected chi connectivity index (χ1v) is 9.14. The molecule has 5 heteroatoms. The summed E-state index contributed by atoms with van der Waals surface area (Å²) in [6.07, 6.45) is 3.88. The fourth-order valence-electron chi connectivity index (χ4n) is 3.09. The van der Waals surface area contributed by atoms with Gasteiger partial charge in [0.05, 0.1) is 14.2 Å². The van der Waals surface area contributed by atoms with Crippen LogP contribution in [0, 0.1) is 0 Å². The van der Waals surface area contributed by atoms with E-state index in [1.165, 1.54) is 11.1 Å². The molecule has 136 valence electrons. The van der Waals surface area contributed by atoms with Crippen molar-refractivity contribution in [3.63, 3.8) is 0 Å². The Morgan fingerprint density at radius 2 is 1.88 bits per heavy atom. The Bertz CT molecular complexity index is 803. The van der Waals surface area contributed by atoms with E-state index < -0.39 is 0 Å². The summed E-state index contributed by atoms with van der Waals surface area (Å²) in [5, 5.41) is 6.76. The van der Waals surface area contributed by atoms with E-state index in [0.29, 0.717) is 0 Å². The molecule has 0 radical (unpaired) electrons. The van der Waals surface area contributed by atoms with Crippen LogP contribution in [0.5, 0.6) is 11.5 Å². The van der Waals surface area contributed by atoms with Crippen molar-refractivity contribution < 1.29 is 9.47 Å². The van der Waals surface area contributed by atoms with Crippen LogP contribution in [0.15, 0.2) is 48.5 Å². The topological polar surface area (TPSA) is 42.5 Å². The highest BCUT2D eigenvalue weighted by atomic mass is 32.1. The van der Waals surface area contributed by atoms with Gasteiger partial charge in [-0.05, 0) is 42.2 Å². The van der Waals surface area contributed by atoms with Crippen LogP contribution < -0.4 is 20.1 Å². The molecule has 1 aliphatic heterocycles. The number of ether oxygens (including phenoxy) is 2. The largest absolute Gasteiger partial charge is 0.493 e. The van der Waals surface area contributed by atoms with E-state index in [0.717, 1.165) is 53.7 Å². The Labute approximate surface area is 160 Å². The van der Waals surface area contributed by atoms with Crippen molar-refractivity contribution in [1.82, 2.24) is 10.6 Å². The summed E-state index contributed by atoms with van der Waals surface area (Å²) in [5.41, 5.74) is 4.67. The highest BCUT2D eigenvalue weighted by Crippen LogP contribution is 2.34. The fourth-order valence-corrected chi connectivity index (χ4v) is 3.31. The molecule has 0 fully saturated rings. The molecule has 2 aromatic carbocycles. The molecule has 2 aromatic rings. The predicted molar refractivity (Wildman–Crippen MR) is 110 cm³/mol. The first-order valence-electron chi connectivity index (χ1n) is 8.74. The zero-order valence-electron chi connectivity index (χ0n) is 15.2. The molecule has 1 aliphatic rings. The molecule has 2 N–H and O–H groups in total. The van der Waals surface area contributed by atoms with Gasteiger partial charge in [-0.3, -0.25) is 0 Å². The van der Waals surface area contributed by atoms with Crippen molar-refractivity contribution in [3.05, 3.63) is 65.2 Å². The third-order valence-electron chi connectivity index (χ3n) is 4.44. The Balaban J connectivity index is 1.70. The van der Waals surface area contributed by atoms with Gasteiger partial charge in [0, 0.05) is 24.4 Å². The van der Waals surface area contributed by atoms with Gasteiger partial charge in [-0.1, -0.05) is 42.5 Å². The number of nitrogens with one attached hydrogen (secondary N) is 2. The number of rotatable bonds is 6. The van der Waals surface area contributed by atoms with Crippen LogP contribution in [-0.2, 0) is 12.8 Å². The number of thiocarbonyl (C=S) groups is 1. The zero-order chi connectivity index (χ0) is 18.4. The molecule has 0 unspecified atom stereocenters. The third-order valence-corrected chi connectivity index (χ3v) is 4.70. The SMILES string of the molecule is COc1cc2c(cc1OC)C(=CC(=S)NCCc1ccccc1)NCC2. The summed E-state index contributed by atoms with van der Waals surface area (Å²) in [4.78, 5) is 0.728. The smallest absolute Gasteiger partial charge is 0.161 e. The van der Waals surface area contributed by atoms with Crippen molar-refractivity contribution in [1.29, 1.82) is 0 Å². The Kier molecular flexibility index (Phi) is 6.12. The molecule has 0 saturated heterocycles. The molecule has 0 spiro atoms. The Morgan fingerprint density at radius 3 is 2.62 bits per heavy atom. The first kappa shape index (κ1) is 18.3. The van der Waals surface area contributed by atoms with Crippen LogP contribution in [0.1, 0.15) is 16.7 Å². The molecule has 1 heterocycles. The van der Waals surface area contributed by atoms with Crippen molar-refractivity contribution in [3.8, 4) is 11.5 Å². The third kappa shape index (κ3) is 4.35. The number of methoxy groups -OCH3 is 2. The van der Waals surface area contributed by atoms with Gasteiger partial charge in [-0.2, -0.15) is 0 Å². The highest BCUT2D eigenvalue weighted by Gasteiger charge is 2.18. The Morgan fingerprint density at radius 1 is 1.15 bits per heavy atom. The summed E-state index contributed by atoms with van der Waals surface area (Å²) < 4.78 is 10.9. The fraction of sp³-hybridized carbons (Fsp3) is 0.286. The van der Waals surface area contributed by atoms with Crippen LogP contribution in [-0.4, -0.2) is 32.3 Å². The van der Waals surface area contributed by atoms with Crippen molar-refractivity contribution >= 4 is 22.9 Å². The normalized spacial score (nSPS) is 14.3. The summed E-state index contributed by atoms with van der Waals surface area (Å²) in [6.45, 7) is 1.69. The van der Waals surface area contributed by atoms with E-state index in [1.807, 2.05) is 18.2 Å². The first-order chi connectivity index (χ1) is 12.7. The molecule has 3 rings (SSSR count). The number of hydrogen-bond acceptors (Lipinski definition) is 4. The van der Waals surface area contributed by atoms with Gasteiger partial charge < -0.3 is 20.1 Å². The van der Waals surface area contributed by atoms with Crippen molar-refractivity contribution in [2.75, 3.05) is 27.3 Å². The number of fused-ring (bicyclic) bond motifs is 1. The number of hydrogen-bond donors (Lipinski definition) is 2. The lowest BCUT2D eigenvalue weighted by molar-refractivity contribution is 0.354. The summed E-state index contributed by atoms with van der Waals surface area (Å²) in [7, 11) is 3.31. The minimum absolute atomic E-state index is 0.726. The minimum Gasteiger partial charge on any atom is -0.493 e. The molecule has 0 saturated carbocycles. The van der Waals surface area contributed by atoms with Gasteiger partial charge in [-0.15, -0.1) is 0 Å². The average Bonchev–Trinajstić information content (AvgIpc) is 2.68. The second-order valence-electron chi connectivity index (χ2n) is 6.13. The molecule has 0 aromatic heterocycles. The standard InChI is InChI=1S/C21H24N2O2S/c1-24-19-12-16-9-11-22-18(17(16)13-20(19)25-2)14-21(26)23-10-8-15-6-4-3-5-7-15/h3-7,12-14,22H,8-11H2,1-2H3,(H,23,26). The zero-order valence-corrected chi connectivity index (χ0v) is 16.0. The van der Waals surface area contributed by atoms with Gasteiger partial charge in [0.1, 0.15) is 4.99 Å². The Hall–Kier alpha value is -2.53. The van der Waals surface area contributed by atoms with Gasteiger partial charge in [0.15, 0.2) is 11.5 Å². The average molecular weight is 369 g/mol. The van der Waals surface area contributed by atoms with Gasteiger partial charge >= 0.3 is 0 Å². The lowest BCUT2D eigenvalue weighted by atomic mass is 9.97. The quantitative estimate of drug-likeness (QED) is 0.605. The van der Waals surface area contributed by atoms with Crippen LogP contribution in [0.2, 0.25) is 0 Å².